The first-order chi connectivity index (χ1) is 11.8. The van der Waals surface area contributed by atoms with Crippen molar-refractivity contribution in [1.29, 1.82) is 0 Å². The van der Waals surface area contributed by atoms with E-state index in [4.69, 9.17) is 9.47 Å². The molecule has 3 rings (SSSR count). The third kappa shape index (κ3) is 4.07. The fourth-order valence-corrected chi connectivity index (χ4v) is 3.33. The summed E-state index contributed by atoms with van der Waals surface area (Å²) in [7, 11) is 1.90. The summed E-state index contributed by atoms with van der Waals surface area (Å²) in [5, 5.41) is 5.11. The molecule has 1 aliphatic rings. The summed E-state index contributed by atoms with van der Waals surface area (Å²) in [6.45, 7) is 2.51. The lowest BCUT2D eigenvalue weighted by molar-refractivity contribution is -0.118. The molecule has 1 N–H and O–H groups in total. The van der Waals surface area contributed by atoms with Crippen LogP contribution in [0.15, 0.2) is 35.7 Å². The van der Waals surface area contributed by atoms with E-state index < -0.39 is 0 Å². The van der Waals surface area contributed by atoms with Crippen molar-refractivity contribution < 1.29 is 14.3 Å². The van der Waals surface area contributed by atoms with Crippen LogP contribution in [0.5, 0.6) is 11.5 Å². The number of ether oxygens (including phenoxy) is 2. The molecule has 0 radical (unpaired) electrons. The SMILES string of the molecule is CNCCCC(=O)N(Cc1cccs1)c1ccc2c(c1)OCCO2. The number of amides is 1. The van der Waals surface area contributed by atoms with Gasteiger partial charge in [0.25, 0.3) is 0 Å². The lowest BCUT2D eigenvalue weighted by Gasteiger charge is -2.25. The van der Waals surface area contributed by atoms with E-state index in [0.717, 1.165) is 29.3 Å². The first-order valence-electron chi connectivity index (χ1n) is 8.15. The van der Waals surface area contributed by atoms with Crippen LogP contribution < -0.4 is 19.7 Å². The highest BCUT2D eigenvalue weighted by Gasteiger charge is 2.20. The van der Waals surface area contributed by atoms with E-state index in [2.05, 4.69) is 11.4 Å². The fourth-order valence-electron chi connectivity index (χ4n) is 2.63. The Bertz CT molecular complexity index is 673. The highest BCUT2D eigenvalue weighted by molar-refractivity contribution is 7.09. The van der Waals surface area contributed by atoms with Crippen molar-refractivity contribution in [2.75, 3.05) is 31.7 Å². The predicted molar refractivity (Wildman–Crippen MR) is 96.1 cm³/mol. The number of hydrogen-bond donors (Lipinski definition) is 1. The van der Waals surface area contributed by atoms with Gasteiger partial charge in [0.1, 0.15) is 13.2 Å². The van der Waals surface area contributed by atoms with Crippen molar-refractivity contribution in [1.82, 2.24) is 5.32 Å². The van der Waals surface area contributed by atoms with Gasteiger partial charge in [0.2, 0.25) is 5.91 Å². The average Bonchev–Trinajstić information content (AvgIpc) is 3.12. The molecular weight excluding hydrogens is 324 g/mol. The number of rotatable bonds is 7. The number of thiophene rings is 1. The van der Waals surface area contributed by atoms with Gasteiger partial charge in [-0.2, -0.15) is 0 Å². The van der Waals surface area contributed by atoms with Crippen molar-refractivity contribution in [3.8, 4) is 11.5 Å². The molecule has 1 aromatic heterocycles. The van der Waals surface area contributed by atoms with E-state index >= 15 is 0 Å². The van der Waals surface area contributed by atoms with Gasteiger partial charge in [0.05, 0.1) is 6.54 Å². The third-order valence-corrected chi connectivity index (χ3v) is 4.71. The molecule has 0 bridgehead atoms. The molecule has 0 aliphatic carbocycles. The van der Waals surface area contributed by atoms with Crippen LogP contribution in [-0.2, 0) is 11.3 Å². The molecule has 1 aromatic carbocycles. The smallest absolute Gasteiger partial charge is 0.227 e. The molecule has 0 spiro atoms. The molecule has 0 saturated heterocycles. The minimum absolute atomic E-state index is 0.121. The summed E-state index contributed by atoms with van der Waals surface area (Å²) in [6.07, 6.45) is 1.33. The summed E-state index contributed by atoms with van der Waals surface area (Å²) in [5.41, 5.74) is 0.849. The maximum absolute atomic E-state index is 12.7. The van der Waals surface area contributed by atoms with Crippen LogP contribution in [0.3, 0.4) is 0 Å². The van der Waals surface area contributed by atoms with Crippen LogP contribution in [0, 0.1) is 0 Å². The Morgan fingerprint density at radius 1 is 1.25 bits per heavy atom. The predicted octanol–water partition coefficient (Wildman–Crippen LogP) is 3.05. The Morgan fingerprint density at radius 2 is 2.08 bits per heavy atom. The molecule has 0 unspecified atom stereocenters. The van der Waals surface area contributed by atoms with Crippen LogP contribution in [0.2, 0.25) is 0 Å². The van der Waals surface area contributed by atoms with Crippen molar-refractivity contribution >= 4 is 22.9 Å². The molecule has 6 heteroatoms. The fraction of sp³-hybridized carbons (Fsp3) is 0.389. The quantitative estimate of drug-likeness (QED) is 0.783. The number of nitrogens with one attached hydrogen (secondary N) is 1. The van der Waals surface area contributed by atoms with E-state index in [1.165, 1.54) is 0 Å². The van der Waals surface area contributed by atoms with E-state index in [1.54, 1.807) is 11.3 Å². The van der Waals surface area contributed by atoms with Crippen LogP contribution in [0.25, 0.3) is 0 Å². The number of carbonyl (C=O) groups excluding carboxylic acids is 1. The van der Waals surface area contributed by atoms with Crippen molar-refractivity contribution in [2.45, 2.75) is 19.4 Å². The minimum atomic E-state index is 0.121. The molecule has 128 valence electrons. The second-order valence-corrected chi connectivity index (χ2v) is 6.63. The average molecular weight is 346 g/mol. The second-order valence-electron chi connectivity index (χ2n) is 5.59. The Labute approximate surface area is 146 Å². The molecule has 0 atom stereocenters. The van der Waals surface area contributed by atoms with Crippen LogP contribution >= 0.6 is 11.3 Å². The van der Waals surface area contributed by atoms with Crippen molar-refractivity contribution in [2.24, 2.45) is 0 Å². The Kier molecular flexibility index (Phi) is 5.72. The third-order valence-electron chi connectivity index (χ3n) is 3.85. The van der Waals surface area contributed by atoms with Crippen LogP contribution in [0.1, 0.15) is 17.7 Å². The normalized spacial score (nSPS) is 12.9. The zero-order valence-electron chi connectivity index (χ0n) is 13.8. The zero-order chi connectivity index (χ0) is 16.8. The van der Waals surface area contributed by atoms with Crippen molar-refractivity contribution in [3.63, 3.8) is 0 Å². The maximum Gasteiger partial charge on any atom is 0.227 e. The molecule has 0 saturated carbocycles. The van der Waals surface area contributed by atoms with Gasteiger partial charge in [-0.1, -0.05) is 6.07 Å². The van der Waals surface area contributed by atoms with Crippen LogP contribution in [-0.4, -0.2) is 32.7 Å². The maximum atomic E-state index is 12.7. The Hall–Kier alpha value is -2.05. The largest absolute Gasteiger partial charge is 0.486 e. The van der Waals surface area contributed by atoms with E-state index in [1.807, 2.05) is 41.6 Å². The molecular formula is C18H22N2O3S. The highest BCUT2D eigenvalue weighted by atomic mass is 32.1. The van der Waals surface area contributed by atoms with Gasteiger partial charge in [-0.05, 0) is 43.6 Å². The number of nitrogens with zero attached hydrogens (tertiary/aromatic N) is 1. The standard InChI is InChI=1S/C18H22N2O3S/c1-19-8-2-5-18(21)20(13-15-4-3-11-24-15)14-6-7-16-17(12-14)23-10-9-22-16/h3-4,6-7,11-12,19H,2,5,8-10,13H2,1H3. The zero-order valence-corrected chi connectivity index (χ0v) is 14.6. The molecule has 0 fully saturated rings. The van der Waals surface area contributed by atoms with Gasteiger partial charge in [-0.3, -0.25) is 4.79 Å². The van der Waals surface area contributed by atoms with Crippen molar-refractivity contribution in [3.05, 3.63) is 40.6 Å². The monoisotopic (exact) mass is 346 g/mol. The van der Waals surface area contributed by atoms with E-state index in [0.29, 0.717) is 31.9 Å². The van der Waals surface area contributed by atoms with Gasteiger partial charge >= 0.3 is 0 Å². The van der Waals surface area contributed by atoms with Gasteiger partial charge in [0.15, 0.2) is 11.5 Å². The van der Waals surface area contributed by atoms with Gasteiger partial charge in [0, 0.05) is 23.1 Å². The number of carbonyl (C=O) groups is 1. The number of fused-ring (bicyclic) bond motifs is 1. The number of benzene rings is 1. The molecule has 1 amide bonds. The highest BCUT2D eigenvalue weighted by Crippen LogP contribution is 2.35. The first-order valence-corrected chi connectivity index (χ1v) is 9.03. The summed E-state index contributed by atoms with van der Waals surface area (Å²) < 4.78 is 11.2. The summed E-state index contributed by atoms with van der Waals surface area (Å²) in [6, 6.07) is 9.77. The summed E-state index contributed by atoms with van der Waals surface area (Å²) >= 11 is 1.66. The molecule has 24 heavy (non-hydrogen) atoms. The lowest BCUT2D eigenvalue weighted by Crippen LogP contribution is -2.30. The summed E-state index contributed by atoms with van der Waals surface area (Å²) in [5.74, 6) is 1.57. The number of hydrogen-bond acceptors (Lipinski definition) is 5. The van der Waals surface area contributed by atoms with Gasteiger partial charge < -0.3 is 19.7 Å². The molecule has 5 nitrogen and oxygen atoms in total. The minimum Gasteiger partial charge on any atom is -0.486 e. The number of anilines is 1. The topological polar surface area (TPSA) is 50.8 Å². The molecule has 2 aromatic rings. The first kappa shape index (κ1) is 16.8. The summed E-state index contributed by atoms with van der Waals surface area (Å²) in [4.78, 5) is 15.7. The Balaban J connectivity index is 1.81. The van der Waals surface area contributed by atoms with E-state index in [-0.39, 0.29) is 5.91 Å². The molecule has 2 heterocycles. The lowest BCUT2D eigenvalue weighted by atomic mass is 10.2. The van der Waals surface area contributed by atoms with Gasteiger partial charge in [-0.25, -0.2) is 0 Å². The van der Waals surface area contributed by atoms with Crippen LogP contribution in [0.4, 0.5) is 5.69 Å². The molecule has 1 aliphatic heterocycles. The second kappa shape index (κ2) is 8.17. The Morgan fingerprint density at radius 3 is 2.83 bits per heavy atom. The van der Waals surface area contributed by atoms with E-state index in [9.17, 15) is 4.79 Å². The van der Waals surface area contributed by atoms with Gasteiger partial charge in [-0.15, -0.1) is 11.3 Å².